The van der Waals surface area contributed by atoms with E-state index in [0.717, 1.165) is 0 Å². The van der Waals surface area contributed by atoms with Gasteiger partial charge in [-0.25, -0.2) is 5.48 Å². The second kappa shape index (κ2) is 9.24. The molecule has 0 fully saturated rings. The highest BCUT2D eigenvalue weighted by molar-refractivity contribution is 6.36. The van der Waals surface area contributed by atoms with Crippen LogP contribution < -0.4 is 16.1 Å². The van der Waals surface area contributed by atoms with E-state index in [0.29, 0.717) is 11.6 Å². The van der Waals surface area contributed by atoms with Crippen LogP contribution in [0, 0.1) is 0 Å². The minimum absolute atomic E-state index is 0.182. The van der Waals surface area contributed by atoms with Gasteiger partial charge >= 0.3 is 0 Å². The normalized spacial score (nSPS) is 9.95. The highest BCUT2D eigenvalue weighted by Gasteiger charge is 2.12. The van der Waals surface area contributed by atoms with E-state index < -0.39 is 17.7 Å². The maximum atomic E-state index is 11.8. The van der Waals surface area contributed by atoms with Gasteiger partial charge in [-0.1, -0.05) is 23.2 Å². The molecule has 0 heterocycles. The van der Waals surface area contributed by atoms with Gasteiger partial charge in [0.25, 0.3) is 11.8 Å². The molecule has 0 aromatic heterocycles. The van der Waals surface area contributed by atoms with Crippen molar-refractivity contribution in [1.29, 1.82) is 0 Å². The first kappa shape index (κ1) is 18.2. The lowest BCUT2D eigenvalue weighted by Gasteiger charge is -2.08. The molecule has 0 bridgehead atoms. The fourth-order valence-corrected chi connectivity index (χ4v) is 1.85. The molecule has 0 saturated heterocycles. The van der Waals surface area contributed by atoms with Crippen LogP contribution in [0.15, 0.2) is 18.2 Å². The summed E-state index contributed by atoms with van der Waals surface area (Å²) in [5.74, 6) is -1.54. The zero-order valence-electron chi connectivity index (χ0n) is 11.7. The van der Waals surface area contributed by atoms with Crippen LogP contribution in [0.1, 0.15) is 17.3 Å². The molecule has 1 aromatic rings. The molecule has 0 radical (unpaired) electrons. The molecule has 0 aliphatic heterocycles. The van der Waals surface area contributed by atoms with Crippen molar-refractivity contribution in [3.63, 3.8) is 0 Å². The number of carbonyl (C=O) groups is 3. The summed E-state index contributed by atoms with van der Waals surface area (Å²) in [6.45, 7) is 1.48. The number of nitrogens with one attached hydrogen (secondary N) is 3. The zero-order valence-corrected chi connectivity index (χ0v) is 13.3. The quantitative estimate of drug-likeness (QED) is 0.638. The summed E-state index contributed by atoms with van der Waals surface area (Å²) in [6.07, 6.45) is 0. The van der Waals surface area contributed by atoms with Crippen molar-refractivity contribution in [2.24, 2.45) is 0 Å². The first-order chi connectivity index (χ1) is 10.4. The van der Waals surface area contributed by atoms with Crippen molar-refractivity contribution in [1.82, 2.24) is 16.1 Å². The van der Waals surface area contributed by atoms with E-state index in [1.165, 1.54) is 18.2 Å². The van der Waals surface area contributed by atoms with Gasteiger partial charge in [-0.3, -0.25) is 19.2 Å². The van der Waals surface area contributed by atoms with Crippen LogP contribution >= 0.6 is 23.2 Å². The summed E-state index contributed by atoms with van der Waals surface area (Å²) in [6, 6.07) is 4.39. The van der Waals surface area contributed by atoms with Crippen LogP contribution in [0.3, 0.4) is 0 Å². The maximum Gasteiger partial charge on any atom is 0.262 e. The summed E-state index contributed by atoms with van der Waals surface area (Å²) < 4.78 is 0. The maximum absolute atomic E-state index is 11.8. The first-order valence-corrected chi connectivity index (χ1v) is 7.10. The average Bonchev–Trinajstić information content (AvgIpc) is 2.48. The molecule has 120 valence electrons. The second-order valence-electron chi connectivity index (χ2n) is 4.04. The van der Waals surface area contributed by atoms with Crippen LogP contribution in [0.4, 0.5) is 0 Å². The minimum Gasteiger partial charge on any atom is -0.345 e. The highest BCUT2D eigenvalue weighted by Crippen LogP contribution is 2.20. The van der Waals surface area contributed by atoms with Crippen molar-refractivity contribution in [2.75, 3.05) is 19.7 Å². The molecule has 1 aromatic carbocycles. The Morgan fingerprint density at radius 1 is 1.09 bits per heavy atom. The Hall–Kier alpha value is -1.83. The zero-order chi connectivity index (χ0) is 16.5. The van der Waals surface area contributed by atoms with Crippen LogP contribution in [0.2, 0.25) is 10.0 Å². The molecule has 1 rings (SSSR count). The SMILES string of the molecule is CCONC(=O)CNC(=O)CNC(=O)c1ccc(Cl)cc1Cl. The molecule has 9 heteroatoms. The molecule has 0 saturated carbocycles. The van der Waals surface area contributed by atoms with E-state index in [9.17, 15) is 14.4 Å². The molecule has 0 unspecified atom stereocenters. The lowest BCUT2D eigenvalue weighted by atomic mass is 10.2. The van der Waals surface area contributed by atoms with Crippen molar-refractivity contribution in [3.05, 3.63) is 33.8 Å². The van der Waals surface area contributed by atoms with Gasteiger partial charge in [0, 0.05) is 5.02 Å². The third-order valence-corrected chi connectivity index (χ3v) is 2.91. The number of rotatable bonds is 7. The molecule has 0 atom stereocenters. The van der Waals surface area contributed by atoms with E-state index in [2.05, 4.69) is 21.0 Å². The summed E-state index contributed by atoms with van der Waals surface area (Å²) in [5, 5.41) is 5.29. The van der Waals surface area contributed by atoms with Crippen molar-refractivity contribution in [2.45, 2.75) is 6.92 Å². The lowest BCUT2D eigenvalue weighted by molar-refractivity contribution is -0.134. The highest BCUT2D eigenvalue weighted by atomic mass is 35.5. The molecule has 3 N–H and O–H groups in total. The van der Waals surface area contributed by atoms with Gasteiger partial charge in [0.1, 0.15) is 0 Å². The number of carbonyl (C=O) groups excluding carboxylic acids is 3. The van der Waals surface area contributed by atoms with Gasteiger partial charge in [-0.05, 0) is 25.1 Å². The third kappa shape index (κ3) is 6.30. The van der Waals surface area contributed by atoms with Crippen molar-refractivity contribution >= 4 is 40.9 Å². The fraction of sp³-hybridized carbons (Fsp3) is 0.308. The summed E-state index contributed by atoms with van der Waals surface area (Å²) in [4.78, 5) is 39.2. The molecular weight excluding hydrogens is 333 g/mol. The Morgan fingerprint density at radius 2 is 1.77 bits per heavy atom. The number of hydrogen-bond donors (Lipinski definition) is 3. The molecule has 22 heavy (non-hydrogen) atoms. The molecule has 0 spiro atoms. The van der Waals surface area contributed by atoms with E-state index in [1.807, 2.05) is 0 Å². The van der Waals surface area contributed by atoms with Crippen LogP contribution in [0.25, 0.3) is 0 Å². The predicted octanol–water partition coefficient (Wildman–Crippen LogP) is 0.907. The van der Waals surface area contributed by atoms with E-state index in [1.54, 1.807) is 6.92 Å². The van der Waals surface area contributed by atoms with Gasteiger partial charge in [0.05, 0.1) is 30.3 Å². The molecule has 7 nitrogen and oxygen atoms in total. The minimum atomic E-state index is -0.523. The molecule has 3 amide bonds. The summed E-state index contributed by atoms with van der Waals surface area (Å²) in [7, 11) is 0. The Kier molecular flexibility index (Phi) is 7.65. The Bertz CT molecular complexity index is 566. The topological polar surface area (TPSA) is 96.5 Å². The van der Waals surface area contributed by atoms with Crippen molar-refractivity contribution in [3.8, 4) is 0 Å². The van der Waals surface area contributed by atoms with Gasteiger partial charge in [0.2, 0.25) is 5.91 Å². The van der Waals surface area contributed by atoms with Crippen LogP contribution in [-0.4, -0.2) is 37.4 Å². The average molecular weight is 348 g/mol. The lowest BCUT2D eigenvalue weighted by Crippen LogP contribution is -2.42. The smallest absolute Gasteiger partial charge is 0.262 e. The molecule has 0 aliphatic carbocycles. The van der Waals surface area contributed by atoms with E-state index >= 15 is 0 Å². The van der Waals surface area contributed by atoms with Gasteiger partial charge in [0.15, 0.2) is 0 Å². The van der Waals surface area contributed by atoms with Gasteiger partial charge in [-0.2, -0.15) is 0 Å². The Labute approximate surface area is 137 Å². The second-order valence-corrected chi connectivity index (χ2v) is 4.89. The number of amides is 3. The van der Waals surface area contributed by atoms with Gasteiger partial charge < -0.3 is 10.6 Å². The largest absolute Gasteiger partial charge is 0.345 e. The van der Waals surface area contributed by atoms with E-state index in [4.69, 9.17) is 23.2 Å². The first-order valence-electron chi connectivity index (χ1n) is 6.34. The van der Waals surface area contributed by atoms with Crippen LogP contribution in [0.5, 0.6) is 0 Å². The number of benzene rings is 1. The molecule has 0 aliphatic rings. The predicted molar refractivity (Wildman–Crippen MR) is 81.6 cm³/mol. The molecular formula is C13H15Cl2N3O4. The number of halogens is 2. The Morgan fingerprint density at radius 3 is 2.41 bits per heavy atom. The third-order valence-electron chi connectivity index (χ3n) is 2.36. The number of hydroxylamine groups is 1. The Balaban J connectivity index is 2.37. The van der Waals surface area contributed by atoms with Crippen LogP contribution in [-0.2, 0) is 14.4 Å². The van der Waals surface area contributed by atoms with Crippen molar-refractivity contribution < 1.29 is 19.2 Å². The summed E-state index contributed by atoms with van der Waals surface area (Å²) >= 11 is 11.6. The summed E-state index contributed by atoms with van der Waals surface area (Å²) in [5.41, 5.74) is 2.32. The standard InChI is InChI=1S/C13H15Cl2N3O4/c1-2-22-18-12(20)7-16-11(19)6-17-13(21)9-4-3-8(14)5-10(9)15/h3-5H,2,6-7H2,1H3,(H,16,19)(H,17,21)(H,18,20). The number of hydrogen-bond acceptors (Lipinski definition) is 4. The monoisotopic (exact) mass is 347 g/mol. The fourth-order valence-electron chi connectivity index (χ4n) is 1.36. The van der Waals surface area contributed by atoms with E-state index in [-0.39, 0.29) is 23.7 Å². The van der Waals surface area contributed by atoms with Gasteiger partial charge in [-0.15, -0.1) is 0 Å².